The van der Waals surface area contributed by atoms with Gasteiger partial charge in [0.15, 0.2) is 0 Å². The lowest BCUT2D eigenvalue weighted by Crippen LogP contribution is -2.24. The average molecular weight is 267 g/mol. The highest BCUT2D eigenvalue weighted by Gasteiger charge is 2.12. The Morgan fingerprint density at radius 3 is 2.70 bits per heavy atom. The SMILES string of the molecule is NC(=O)c1ccc(Nc2cccc3c2CNCC3)cc1. The summed E-state index contributed by atoms with van der Waals surface area (Å²) in [5, 5.41) is 6.80. The van der Waals surface area contributed by atoms with Crippen LogP contribution in [0.5, 0.6) is 0 Å². The molecule has 3 rings (SSSR count). The minimum Gasteiger partial charge on any atom is -0.366 e. The van der Waals surface area contributed by atoms with E-state index in [9.17, 15) is 4.79 Å². The lowest BCUT2D eigenvalue weighted by atomic mass is 9.99. The van der Waals surface area contributed by atoms with Crippen molar-refractivity contribution in [2.45, 2.75) is 13.0 Å². The third-order valence-corrected chi connectivity index (χ3v) is 3.59. The van der Waals surface area contributed by atoms with Crippen molar-refractivity contribution in [3.63, 3.8) is 0 Å². The number of nitrogens with two attached hydrogens (primary N) is 1. The van der Waals surface area contributed by atoms with Crippen LogP contribution in [0.2, 0.25) is 0 Å². The molecule has 0 saturated heterocycles. The predicted molar refractivity (Wildman–Crippen MR) is 80.1 cm³/mol. The van der Waals surface area contributed by atoms with Gasteiger partial charge >= 0.3 is 0 Å². The van der Waals surface area contributed by atoms with Crippen molar-refractivity contribution < 1.29 is 4.79 Å². The molecule has 102 valence electrons. The van der Waals surface area contributed by atoms with E-state index in [-0.39, 0.29) is 0 Å². The first-order valence-corrected chi connectivity index (χ1v) is 6.72. The lowest BCUT2D eigenvalue weighted by molar-refractivity contribution is 0.100. The second kappa shape index (κ2) is 5.35. The topological polar surface area (TPSA) is 67.2 Å². The van der Waals surface area contributed by atoms with Crippen molar-refractivity contribution in [2.75, 3.05) is 11.9 Å². The van der Waals surface area contributed by atoms with Gasteiger partial charge in [-0.1, -0.05) is 12.1 Å². The third kappa shape index (κ3) is 2.51. The highest BCUT2D eigenvalue weighted by molar-refractivity contribution is 5.93. The van der Waals surface area contributed by atoms with Gasteiger partial charge in [-0.2, -0.15) is 0 Å². The minimum absolute atomic E-state index is 0.405. The second-order valence-corrected chi connectivity index (χ2v) is 4.94. The summed E-state index contributed by atoms with van der Waals surface area (Å²) < 4.78 is 0. The van der Waals surface area contributed by atoms with Gasteiger partial charge in [0.1, 0.15) is 0 Å². The monoisotopic (exact) mass is 267 g/mol. The fraction of sp³-hybridized carbons (Fsp3) is 0.188. The summed E-state index contributed by atoms with van der Waals surface area (Å²) >= 11 is 0. The quantitative estimate of drug-likeness (QED) is 0.798. The van der Waals surface area contributed by atoms with Gasteiger partial charge < -0.3 is 16.4 Å². The van der Waals surface area contributed by atoms with E-state index in [0.717, 1.165) is 30.9 Å². The summed E-state index contributed by atoms with van der Waals surface area (Å²) in [6, 6.07) is 13.5. The van der Waals surface area contributed by atoms with Gasteiger partial charge in [0.25, 0.3) is 0 Å². The molecule has 1 aliphatic rings. The van der Waals surface area contributed by atoms with Crippen molar-refractivity contribution in [3.05, 3.63) is 59.2 Å². The fourth-order valence-electron chi connectivity index (χ4n) is 2.50. The van der Waals surface area contributed by atoms with Gasteiger partial charge in [-0.15, -0.1) is 0 Å². The van der Waals surface area contributed by atoms with Crippen LogP contribution in [0.15, 0.2) is 42.5 Å². The van der Waals surface area contributed by atoms with Gasteiger partial charge in [-0.25, -0.2) is 0 Å². The highest BCUT2D eigenvalue weighted by Crippen LogP contribution is 2.26. The number of rotatable bonds is 3. The van der Waals surface area contributed by atoms with Crippen LogP contribution in [-0.4, -0.2) is 12.5 Å². The molecule has 1 heterocycles. The normalized spacial score (nSPS) is 13.6. The summed E-state index contributed by atoms with van der Waals surface area (Å²) in [4.78, 5) is 11.1. The standard InChI is InChI=1S/C16H17N3O/c17-16(20)12-4-6-13(7-5-12)19-15-3-1-2-11-8-9-18-10-14(11)15/h1-7,18-19H,8-10H2,(H2,17,20). The van der Waals surface area contributed by atoms with E-state index in [4.69, 9.17) is 5.73 Å². The Hall–Kier alpha value is -2.33. The molecule has 2 aromatic carbocycles. The molecule has 4 nitrogen and oxygen atoms in total. The Bertz CT molecular complexity index is 635. The van der Waals surface area contributed by atoms with E-state index in [2.05, 4.69) is 28.8 Å². The number of nitrogens with one attached hydrogen (secondary N) is 2. The molecule has 4 heteroatoms. The first-order valence-electron chi connectivity index (χ1n) is 6.72. The number of benzene rings is 2. The highest BCUT2D eigenvalue weighted by atomic mass is 16.1. The van der Waals surface area contributed by atoms with Crippen LogP contribution >= 0.6 is 0 Å². The van der Waals surface area contributed by atoms with Crippen molar-refractivity contribution in [1.29, 1.82) is 0 Å². The maximum absolute atomic E-state index is 11.1. The Morgan fingerprint density at radius 2 is 1.95 bits per heavy atom. The van der Waals surface area contributed by atoms with Crippen LogP contribution in [0.1, 0.15) is 21.5 Å². The Labute approximate surface area is 118 Å². The van der Waals surface area contributed by atoms with Crippen LogP contribution in [0.25, 0.3) is 0 Å². The molecule has 0 unspecified atom stereocenters. The molecule has 1 amide bonds. The first-order chi connectivity index (χ1) is 9.74. The minimum atomic E-state index is -0.405. The molecule has 0 radical (unpaired) electrons. The Kier molecular flexibility index (Phi) is 3.39. The molecule has 4 N–H and O–H groups in total. The Balaban J connectivity index is 1.86. The summed E-state index contributed by atoms with van der Waals surface area (Å²) in [5.74, 6) is -0.405. The average Bonchev–Trinajstić information content (AvgIpc) is 2.48. The zero-order valence-corrected chi connectivity index (χ0v) is 11.1. The summed E-state index contributed by atoms with van der Waals surface area (Å²) in [5.41, 5.74) is 10.5. The summed E-state index contributed by atoms with van der Waals surface area (Å²) in [6.07, 6.45) is 1.06. The number of carbonyl (C=O) groups is 1. The molecule has 0 aliphatic carbocycles. The summed E-state index contributed by atoms with van der Waals surface area (Å²) in [7, 11) is 0. The molecular formula is C16H17N3O. The van der Waals surface area contributed by atoms with E-state index < -0.39 is 5.91 Å². The van der Waals surface area contributed by atoms with Crippen LogP contribution < -0.4 is 16.4 Å². The van der Waals surface area contributed by atoms with Crippen LogP contribution in [0.3, 0.4) is 0 Å². The van der Waals surface area contributed by atoms with Gasteiger partial charge in [0.05, 0.1) is 0 Å². The molecule has 0 saturated carbocycles. The Morgan fingerprint density at radius 1 is 1.15 bits per heavy atom. The van der Waals surface area contributed by atoms with Crippen molar-refractivity contribution in [1.82, 2.24) is 5.32 Å². The number of amides is 1. The smallest absolute Gasteiger partial charge is 0.248 e. The molecule has 0 bridgehead atoms. The van der Waals surface area contributed by atoms with E-state index in [1.807, 2.05) is 12.1 Å². The lowest BCUT2D eigenvalue weighted by Gasteiger charge is -2.21. The van der Waals surface area contributed by atoms with E-state index in [1.54, 1.807) is 12.1 Å². The number of anilines is 2. The van der Waals surface area contributed by atoms with E-state index >= 15 is 0 Å². The molecule has 1 aliphatic heterocycles. The molecule has 0 fully saturated rings. The predicted octanol–water partition coefficient (Wildman–Crippen LogP) is 2.17. The van der Waals surface area contributed by atoms with Crippen molar-refractivity contribution >= 4 is 17.3 Å². The third-order valence-electron chi connectivity index (χ3n) is 3.59. The van der Waals surface area contributed by atoms with Crippen molar-refractivity contribution in [3.8, 4) is 0 Å². The summed E-state index contributed by atoms with van der Waals surface area (Å²) in [6.45, 7) is 1.92. The number of primary amides is 1. The largest absolute Gasteiger partial charge is 0.366 e. The molecule has 0 spiro atoms. The molecule has 20 heavy (non-hydrogen) atoms. The molecule has 2 aromatic rings. The zero-order chi connectivity index (χ0) is 13.9. The number of carbonyl (C=O) groups excluding carboxylic acids is 1. The number of hydrogen-bond acceptors (Lipinski definition) is 3. The maximum atomic E-state index is 11.1. The fourth-order valence-corrected chi connectivity index (χ4v) is 2.50. The maximum Gasteiger partial charge on any atom is 0.248 e. The second-order valence-electron chi connectivity index (χ2n) is 4.94. The van der Waals surface area contributed by atoms with E-state index in [1.165, 1.54) is 11.1 Å². The van der Waals surface area contributed by atoms with Crippen molar-refractivity contribution in [2.24, 2.45) is 5.73 Å². The van der Waals surface area contributed by atoms with Crippen LogP contribution in [-0.2, 0) is 13.0 Å². The first kappa shape index (κ1) is 12.7. The van der Waals surface area contributed by atoms with Gasteiger partial charge in [0, 0.05) is 23.5 Å². The van der Waals surface area contributed by atoms with Gasteiger partial charge in [0.2, 0.25) is 5.91 Å². The van der Waals surface area contributed by atoms with E-state index in [0.29, 0.717) is 5.56 Å². The molecule has 0 aromatic heterocycles. The number of fused-ring (bicyclic) bond motifs is 1. The van der Waals surface area contributed by atoms with Crippen LogP contribution in [0.4, 0.5) is 11.4 Å². The van der Waals surface area contributed by atoms with Gasteiger partial charge in [-0.05, 0) is 54.4 Å². The molecular weight excluding hydrogens is 250 g/mol. The van der Waals surface area contributed by atoms with Crippen LogP contribution in [0, 0.1) is 0 Å². The van der Waals surface area contributed by atoms with Gasteiger partial charge in [-0.3, -0.25) is 4.79 Å². The number of hydrogen-bond donors (Lipinski definition) is 3. The zero-order valence-electron chi connectivity index (χ0n) is 11.1. The molecule has 0 atom stereocenters.